The Hall–Kier alpha value is -4.05. The van der Waals surface area contributed by atoms with Gasteiger partial charge in [0.25, 0.3) is 5.91 Å². The number of amides is 1. The summed E-state index contributed by atoms with van der Waals surface area (Å²) in [7, 11) is -1.62. The molecule has 0 radical (unpaired) electrons. The number of sulfone groups is 1. The Bertz CT molecular complexity index is 1690. The molecule has 0 aliphatic rings. The van der Waals surface area contributed by atoms with Crippen molar-refractivity contribution in [1.29, 1.82) is 0 Å². The van der Waals surface area contributed by atoms with Gasteiger partial charge in [-0.25, -0.2) is 22.8 Å². The van der Waals surface area contributed by atoms with Crippen molar-refractivity contribution in [3.8, 4) is 0 Å². The van der Waals surface area contributed by atoms with Crippen LogP contribution in [0.1, 0.15) is 34.8 Å². The quantitative estimate of drug-likeness (QED) is 0.348. The van der Waals surface area contributed by atoms with Crippen molar-refractivity contribution in [2.75, 3.05) is 12.3 Å². The van der Waals surface area contributed by atoms with Gasteiger partial charge in [-0.2, -0.15) is 0 Å². The van der Waals surface area contributed by atoms with E-state index in [9.17, 15) is 17.6 Å². The molecule has 0 aliphatic carbocycles. The number of nitrogens with zero attached hydrogens (tertiary/aromatic N) is 3. The van der Waals surface area contributed by atoms with E-state index in [1.807, 2.05) is 18.5 Å². The largest absolute Gasteiger partial charge is 0.351 e. The molecule has 8 nitrogen and oxygen atoms in total. The molecule has 1 unspecified atom stereocenters. The minimum Gasteiger partial charge on any atom is -0.351 e. The molecular formula is C26H24FN5O3S. The number of carbonyl (C=O) groups excluding carboxylic acids is 1. The van der Waals surface area contributed by atoms with Gasteiger partial charge in [0.2, 0.25) is 0 Å². The van der Waals surface area contributed by atoms with Gasteiger partial charge in [0.1, 0.15) is 17.5 Å². The minimum absolute atomic E-state index is 0.00554. The van der Waals surface area contributed by atoms with Gasteiger partial charge in [-0.15, -0.1) is 0 Å². The lowest BCUT2D eigenvalue weighted by atomic mass is 10.1. The molecule has 2 N–H and O–H groups in total. The standard InChI is InChI=1S/C26H24FN5O3S/c1-16(24-29-20-11-9-18(27)15-22(20)30-24)25-31-21-10-8-17(14-23(21)32(25)2)26(33)28-12-13-36(34,35)19-6-4-3-5-7-19/h3-11,14-16H,12-13H2,1-2H3,(H,28,33)(H,29,30). The number of rotatable bonds is 7. The molecule has 184 valence electrons. The summed E-state index contributed by atoms with van der Waals surface area (Å²) in [4.78, 5) is 25.4. The summed E-state index contributed by atoms with van der Waals surface area (Å²) < 4.78 is 40.3. The molecule has 5 rings (SSSR count). The number of imidazole rings is 2. The molecule has 0 saturated carbocycles. The molecule has 36 heavy (non-hydrogen) atoms. The van der Waals surface area contributed by atoms with Gasteiger partial charge in [0.15, 0.2) is 9.84 Å². The Labute approximate surface area is 207 Å². The highest BCUT2D eigenvalue weighted by atomic mass is 32.2. The predicted octanol–water partition coefficient (Wildman–Crippen LogP) is 3.94. The molecule has 3 aromatic carbocycles. The number of nitrogens with one attached hydrogen (secondary N) is 2. The van der Waals surface area contributed by atoms with Crippen LogP contribution in [-0.2, 0) is 16.9 Å². The normalized spacial score (nSPS) is 12.8. The third-order valence-corrected chi connectivity index (χ3v) is 7.93. The maximum Gasteiger partial charge on any atom is 0.251 e. The Kier molecular flexibility index (Phi) is 6.05. The van der Waals surface area contributed by atoms with Crippen LogP contribution in [0.25, 0.3) is 22.1 Å². The number of fused-ring (bicyclic) bond motifs is 2. The Balaban J connectivity index is 1.33. The van der Waals surface area contributed by atoms with E-state index in [0.717, 1.165) is 11.3 Å². The van der Waals surface area contributed by atoms with Gasteiger partial charge in [-0.1, -0.05) is 18.2 Å². The molecule has 1 atom stereocenters. The van der Waals surface area contributed by atoms with E-state index in [1.165, 1.54) is 24.3 Å². The summed E-state index contributed by atoms with van der Waals surface area (Å²) in [5, 5.41) is 2.69. The smallest absolute Gasteiger partial charge is 0.251 e. The summed E-state index contributed by atoms with van der Waals surface area (Å²) in [6, 6.07) is 17.7. The number of carbonyl (C=O) groups is 1. The maximum atomic E-state index is 13.6. The zero-order valence-corrected chi connectivity index (χ0v) is 20.5. The topological polar surface area (TPSA) is 110 Å². The van der Waals surface area contributed by atoms with E-state index in [2.05, 4.69) is 15.3 Å². The SMILES string of the molecule is CC(c1nc2ccc(F)cc2[nH]1)c1nc2ccc(C(=O)NCCS(=O)(=O)c3ccccc3)cc2n1C. The molecule has 0 aliphatic heterocycles. The lowest BCUT2D eigenvalue weighted by Gasteiger charge is -2.09. The molecule has 2 heterocycles. The second-order valence-electron chi connectivity index (χ2n) is 8.63. The molecule has 0 spiro atoms. The Morgan fingerprint density at radius 3 is 2.58 bits per heavy atom. The zero-order chi connectivity index (χ0) is 25.4. The third-order valence-electron chi connectivity index (χ3n) is 6.20. The highest BCUT2D eigenvalue weighted by Crippen LogP contribution is 2.27. The predicted molar refractivity (Wildman–Crippen MR) is 135 cm³/mol. The first-order chi connectivity index (χ1) is 17.2. The molecule has 1 amide bonds. The van der Waals surface area contributed by atoms with Crippen LogP contribution < -0.4 is 5.32 Å². The number of hydrogen-bond acceptors (Lipinski definition) is 5. The van der Waals surface area contributed by atoms with Crippen molar-refractivity contribution in [2.24, 2.45) is 7.05 Å². The van der Waals surface area contributed by atoms with Gasteiger partial charge in [-0.3, -0.25) is 4.79 Å². The van der Waals surface area contributed by atoms with Crippen molar-refractivity contribution in [2.45, 2.75) is 17.7 Å². The van der Waals surface area contributed by atoms with Gasteiger partial charge in [0, 0.05) is 19.2 Å². The van der Waals surface area contributed by atoms with Crippen molar-refractivity contribution < 1.29 is 17.6 Å². The Morgan fingerprint density at radius 1 is 1.06 bits per heavy atom. The average molecular weight is 506 g/mol. The first-order valence-corrected chi connectivity index (χ1v) is 13.1. The summed E-state index contributed by atoms with van der Waals surface area (Å²) in [5.74, 6) is 0.285. The highest BCUT2D eigenvalue weighted by molar-refractivity contribution is 7.91. The lowest BCUT2D eigenvalue weighted by molar-refractivity contribution is 0.0956. The third kappa shape index (κ3) is 4.47. The van der Waals surface area contributed by atoms with Gasteiger partial charge in [-0.05, 0) is 55.5 Å². The molecular weight excluding hydrogens is 481 g/mol. The number of benzene rings is 3. The molecule has 0 saturated heterocycles. The highest BCUT2D eigenvalue weighted by Gasteiger charge is 2.21. The number of halogens is 1. The van der Waals surface area contributed by atoms with Crippen molar-refractivity contribution in [3.05, 3.63) is 89.8 Å². The fourth-order valence-corrected chi connectivity index (χ4v) is 5.39. The van der Waals surface area contributed by atoms with Gasteiger partial charge in [0.05, 0.1) is 38.6 Å². The van der Waals surface area contributed by atoms with Gasteiger partial charge < -0.3 is 14.9 Å². The van der Waals surface area contributed by atoms with Crippen molar-refractivity contribution in [3.63, 3.8) is 0 Å². The maximum absolute atomic E-state index is 13.6. The van der Waals surface area contributed by atoms with Crippen molar-refractivity contribution in [1.82, 2.24) is 24.8 Å². The first kappa shape index (κ1) is 23.7. The number of hydrogen-bond donors (Lipinski definition) is 2. The number of H-pyrrole nitrogens is 1. The van der Waals surface area contributed by atoms with Crippen LogP contribution in [0, 0.1) is 5.82 Å². The first-order valence-electron chi connectivity index (χ1n) is 11.4. The van der Waals surface area contributed by atoms with E-state index in [0.29, 0.717) is 27.9 Å². The molecule has 0 bridgehead atoms. The van der Waals surface area contributed by atoms with Crippen LogP contribution >= 0.6 is 0 Å². The van der Waals surface area contributed by atoms with E-state index >= 15 is 0 Å². The Morgan fingerprint density at radius 2 is 1.81 bits per heavy atom. The summed E-state index contributed by atoms with van der Waals surface area (Å²) in [5.41, 5.74) is 3.16. The number of aromatic amines is 1. The van der Waals surface area contributed by atoms with Crippen LogP contribution in [0.4, 0.5) is 4.39 Å². The summed E-state index contributed by atoms with van der Waals surface area (Å²) in [6.07, 6.45) is 0. The summed E-state index contributed by atoms with van der Waals surface area (Å²) in [6.45, 7) is 1.95. The fourth-order valence-electron chi connectivity index (χ4n) is 4.21. The fraction of sp³-hybridized carbons (Fsp3) is 0.192. The lowest BCUT2D eigenvalue weighted by Crippen LogP contribution is -2.29. The molecule has 5 aromatic rings. The van der Waals surface area contributed by atoms with Crippen LogP contribution in [0.3, 0.4) is 0 Å². The number of aromatic nitrogens is 4. The minimum atomic E-state index is -3.48. The van der Waals surface area contributed by atoms with E-state index < -0.39 is 9.84 Å². The molecule has 2 aromatic heterocycles. The van der Waals surface area contributed by atoms with E-state index in [-0.39, 0.29) is 34.8 Å². The van der Waals surface area contributed by atoms with Crippen molar-refractivity contribution >= 4 is 37.8 Å². The molecule has 10 heteroatoms. The summed E-state index contributed by atoms with van der Waals surface area (Å²) >= 11 is 0. The monoisotopic (exact) mass is 505 g/mol. The average Bonchev–Trinajstić information content (AvgIpc) is 3.44. The van der Waals surface area contributed by atoms with Gasteiger partial charge >= 0.3 is 0 Å². The van der Waals surface area contributed by atoms with Crippen LogP contribution in [0.15, 0.2) is 71.6 Å². The van der Waals surface area contributed by atoms with E-state index in [4.69, 9.17) is 4.98 Å². The second kappa shape index (κ2) is 9.19. The number of aryl methyl sites for hydroxylation is 1. The van der Waals surface area contributed by atoms with Crippen LogP contribution in [0.5, 0.6) is 0 Å². The zero-order valence-electron chi connectivity index (χ0n) is 19.7. The van der Waals surface area contributed by atoms with E-state index in [1.54, 1.807) is 42.5 Å². The van der Waals surface area contributed by atoms with Crippen LogP contribution in [0.2, 0.25) is 0 Å². The second-order valence-corrected chi connectivity index (χ2v) is 10.7. The molecule has 0 fully saturated rings. The van der Waals surface area contributed by atoms with Crippen LogP contribution in [-0.4, -0.2) is 46.1 Å².